The summed E-state index contributed by atoms with van der Waals surface area (Å²) >= 11 is 0. The minimum absolute atomic E-state index is 0.0477. The third kappa shape index (κ3) is 4.23. The minimum atomic E-state index is -0.977. The van der Waals surface area contributed by atoms with Gasteiger partial charge in [-0.15, -0.1) is 0 Å². The number of para-hydroxylation sites is 1. The maximum absolute atomic E-state index is 14.5. The van der Waals surface area contributed by atoms with Crippen molar-refractivity contribution in [1.29, 1.82) is 0 Å². The van der Waals surface area contributed by atoms with Gasteiger partial charge in [0.2, 0.25) is 0 Å². The van der Waals surface area contributed by atoms with Crippen LogP contribution in [0.5, 0.6) is 5.75 Å². The van der Waals surface area contributed by atoms with Gasteiger partial charge in [0.1, 0.15) is 18.2 Å². The van der Waals surface area contributed by atoms with Crippen LogP contribution in [0.3, 0.4) is 0 Å². The standard InChI is InChI=1S/C22H23FN2O4/c1-4-28-21(26)19-17(13-29-18-12-8-5-9-14(18)2)25(3)22(27)24-20(19)15-10-6-7-11-16(15)23/h5-12,20H,4,13H2,1-3H3,(H,24,27)/t20-/m1/s1. The molecule has 0 saturated heterocycles. The summed E-state index contributed by atoms with van der Waals surface area (Å²) < 4.78 is 25.6. The van der Waals surface area contributed by atoms with Gasteiger partial charge in [0.25, 0.3) is 0 Å². The van der Waals surface area contributed by atoms with Crippen molar-refractivity contribution < 1.29 is 23.5 Å². The number of amides is 2. The first-order chi connectivity index (χ1) is 13.9. The second-order valence-electron chi connectivity index (χ2n) is 6.60. The van der Waals surface area contributed by atoms with Crippen molar-refractivity contribution >= 4 is 12.0 Å². The molecule has 152 valence electrons. The Morgan fingerprint density at radius 1 is 1.17 bits per heavy atom. The molecule has 2 aromatic carbocycles. The Kier molecular flexibility index (Phi) is 6.16. The molecule has 1 N–H and O–H groups in total. The van der Waals surface area contributed by atoms with E-state index in [2.05, 4.69) is 5.32 Å². The first kappa shape index (κ1) is 20.4. The lowest BCUT2D eigenvalue weighted by Gasteiger charge is -2.34. The van der Waals surface area contributed by atoms with E-state index >= 15 is 0 Å². The number of esters is 1. The molecule has 1 aliphatic rings. The fourth-order valence-corrected chi connectivity index (χ4v) is 3.19. The average Bonchev–Trinajstić information content (AvgIpc) is 2.70. The highest BCUT2D eigenvalue weighted by molar-refractivity contribution is 5.95. The molecule has 29 heavy (non-hydrogen) atoms. The molecule has 0 unspecified atom stereocenters. The number of halogens is 1. The summed E-state index contributed by atoms with van der Waals surface area (Å²) in [6.45, 7) is 3.68. The van der Waals surface area contributed by atoms with Crippen LogP contribution >= 0.6 is 0 Å². The normalized spacial score (nSPS) is 16.5. The lowest BCUT2D eigenvalue weighted by molar-refractivity contribution is -0.139. The Balaban J connectivity index is 2.07. The molecule has 2 aromatic rings. The van der Waals surface area contributed by atoms with Crippen LogP contribution < -0.4 is 10.1 Å². The van der Waals surface area contributed by atoms with E-state index in [1.807, 2.05) is 25.1 Å². The number of hydrogen-bond acceptors (Lipinski definition) is 4. The Morgan fingerprint density at radius 3 is 2.55 bits per heavy atom. The topological polar surface area (TPSA) is 67.9 Å². The lowest BCUT2D eigenvalue weighted by Crippen LogP contribution is -2.48. The van der Waals surface area contributed by atoms with Crippen LogP contribution in [0, 0.1) is 12.7 Å². The fourth-order valence-electron chi connectivity index (χ4n) is 3.19. The maximum atomic E-state index is 14.5. The van der Waals surface area contributed by atoms with Crippen molar-refractivity contribution in [2.45, 2.75) is 19.9 Å². The van der Waals surface area contributed by atoms with Crippen molar-refractivity contribution in [2.24, 2.45) is 0 Å². The van der Waals surface area contributed by atoms with Gasteiger partial charge < -0.3 is 14.8 Å². The number of hydrogen-bond donors (Lipinski definition) is 1. The highest BCUT2D eigenvalue weighted by Crippen LogP contribution is 2.32. The molecule has 0 radical (unpaired) electrons. The van der Waals surface area contributed by atoms with E-state index in [1.54, 1.807) is 25.1 Å². The van der Waals surface area contributed by atoms with Crippen LogP contribution in [0.2, 0.25) is 0 Å². The van der Waals surface area contributed by atoms with Crippen LogP contribution in [-0.2, 0) is 9.53 Å². The van der Waals surface area contributed by atoms with Crippen LogP contribution in [-0.4, -0.2) is 37.2 Å². The Morgan fingerprint density at radius 2 is 1.86 bits per heavy atom. The fraction of sp³-hybridized carbons (Fsp3) is 0.273. The molecular formula is C22H23FN2O4. The third-order valence-electron chi connectivity index (χ3n) is 4.75. The van der Waals surface area contributed by atoms with E-state index in [1.165, 1.54) is 24.1 Å². The number of carbonyl (C=O) groups is 2. The minimum Gasteiger partial charge on any atom is -0.487 e. The molecule has 1 aliphatic heterocycles. The molecule has 0 aliphatic carbocycles. The molecule has 0 fully saturated rings. The summed E-state index contributed by atoms with van der Waals surface area (Å²) in [5.74, 6) is -0.524. The van der Waals surface area contributed by atoms with Crippen molar-refractivity contribution in [3.05, 3.63) is 76.7 Å². The number of benzene rings is 2. The van der Waals surface area contributed by atoms with Crippen LogP contribution in [0.15, 0.2) is 59.8 Å². The molecule has 6 nitrogen and oxygen atoms in total. The van der Waals surface area contributed by atoms with Gasteiger partial charge in [0.05, 0.1) is 23.9 Å². The molecule has 3 rings (SSSR count). The zero-order valence-corrected chi connectivity index (χ0v) is 16.6. The van der Waals surface area contributed by atoms with Gasteiger partial charge in [-0.25, -0.2) is 14.0 Å². The summed E-state index contributed by atoms with van der Waals surface area (Å²) in [7, 11) is 1.53. The molecule has 0 spiro atoms. The van der Waals surface area contributed by atoms with E-state index in [0.29, 0.717) is 11.4 Å². The van der Waals surface area contributed by atoms with E-state index in [-0.39, 0.29) is 24.4 Å². The van der Waals surface area contributed by atoms with Gasteiger partial charge in [-0.1, -0.05) is 36.4 Å². The Bertz CT molecular complexity index is 957. The zero-order chi connectivity index (χ0) is 21.0. The van der Waals surface area contributed by atoms with Crippen molar-refractivity contribution in [1.82, 2.24) is 10.2 Å². The SMILES string of the molecule is CCOC(=O)C1=C(COc2ccccc2C)N(C)C(=O)N[C@@H]1c1ccccc1F. The monoisotopic (exact) mass is 398 g/mol. The number of likely N-dealkylation sites (N-methyl/N-ethyl adjacent to an activating group) is 1. The number of nitrogens with zero attached hydrogens (tertiary/aromatic N) is 1. The highest BCUT2D eigenvalue weighted by atomic mass is 19.1. The third-order valence-corrected chi connectivity index (χ3v) is 4.75. The summed E-state index contributed by atoms with van der Waals surface area (Å²) in [6.07, 6.45) is 0. The number of nitrogens with one attached hydrogen (secondary N) is 1. The summed E-state index contributed by atoms with van der Waals surface area (Å²) in [6, 6.07) is 12.0. The van der Waals surface area contributed by atoms with E-state index in [4.69, 9.17) is 9.47 Å². The molecule has 1 atom stereocenters. The molecule has 2 amide bonds. The highest BCUT2D eigenvalue weighted by Gasteiger charge is 2.38. The maximum Gasteiger partial charge on any atom is 0.338 e. The van der Waals surface area contributed by atoms with E-state index in [0.717, 1.165) is 5.56 Å². The lowest BCUT2D eigenvalue weighted by atomic mass is 9.94. The Labute approximate surface area is 168 Å². The van der Waals surface area contributed by atoms with Gasteiger partial charge >= 0.3 is 12.0 Å². The molecule has 0 aromatic heterocycles. The Hall–Kier alpha value is -3.35. The molecular weight excluding hydrogens is 375 g/mol. The number of rotatable bonds is 6. The van der Waals surface area contributed by atoms with E-state index < -0.39 is 23.9 Å². The molecule has 0 saturated carbocycles. The van der Waals surface area contributed by atoms with Crippen LogP contribution in [0.1, 0.15) is 24.1 Å². The van der Waals surface area contributed by atoms with E-state index in [9.17, 15) is 14.0 Å². The van der Waals surface area contributed by atoms with Crippen LogP contribution in [0.25, 0.3) is 0 Å². The van der Waals surface area contributed by atoms with Gasteiger partial charge in [0.15, 0.2) is 0 Å². The quantitative estimate of drug-likeness (QED) is 0.753. The number of urea groups is 1. The summed E-state index contributed by atoms with van der Waals surface area (Å²) in [4.78, 5) is 26.6. The predicted molar refractivity (Wildman–Crippen MR) is 106 cm³/mol. The van der Waals surface area contributed by atoms with Crippen molar-refractivity contribution in [2.75, 3.05) is 20.3 Å². The van der Waals surface area contributed by atoms with Gasteiger partial charge in [-0.2, -0.15) is 0 Å². The van der Waals surface area contributed by atoms with Gasteiger partial charge in [0, 0.05) is 12.6 Å². The average molecular weight is 398 g/mol. The summed E-state index contributed by atoms with van der Waals surface area (Å²) in [5.41, 5.74) is 1.57. The molecule has 0 bridgehead atoms. The number of carbonyl (C=O) groups excluding carboxylic acids is 2. The first-order valence-electron chi connectivity index (χ1n) is 9.31. The molecule has 1 heterocycles. The largest absolute Gasteiger partial charge is 0.487 e. The van der Waals surface area contributed by atoms with Gasteiger partial charge in [-0.05, 0) is 31.5 Å². The smallest absolute Gasteiger partial charge is 0.338 e. The second-order valence-corrected chi connectivity index (χ2v) is 6.60. The first-order valence-corrected chi connectivity index (χ1v) is 9.31. The van der Waals surface area contributed by atoms with Crippen molar-refractivity contribution in [3.63, 3.8) is 0 Å². The second kappa shape index (κ2) is 8.77. The zero-order valence-electron chi connectivity index (χ0n) is 16.6. The number of ether oxygens (including phenoxy) is 2. The predicted octanol–water partition coefficient (Wildman–Crippen LogP) is 3.73. The summed E-state index contributed by atoms with van der Waals surface area (Å²) in [5, 5.41) is 2.68. The van der Waals surface area contributed by atoms with Gasteiger partial charge in [-0.3, -0.25) is 4.90 Å². The number of aryl methyl sites for hydroxylation is 1. The molecule has 7 heteroatoms. The van der Waals surface area contributed by atoms with Crippen LogP contribution in [0.4, 0.5) is 9.18 Å². The van der Waals surface area contributed by atoms with Crippen molar-refractivity contribution in [3.8, 4) is 5.75 Å².